The molecule has 4 nitrogen and oxygen atoms in total. The first-order chi connectivity index (χ1) is 8.43. The Labute approximate surface area is 110 Å². The first-order valence-electron chi connectivity index (χ1n) is 6.28. The molecule has 0 heterocycles. The molecule has 0 saturated carbocycles. The fraction of sp³-hybridized carbons (Fsp3) is 0.538. The lowest BCUT2D eigenvalue weighted by Crippen LogP contribution is -2.27. The number of primary sulfonamides is 1. The van der Waals surface area contributed by atoms with Gasteiger partial charge in [0.05, 0.1) is 4.90 Å². The molecular formula is C13H22N2O2S. The summed E-state index contributed by atoms with van der Waals surface area (Å²) in [5.41, 5.74) is 1.11. The average molecular weight is 270 g/mol. The Balaban J connectivity index is 2.45. The van der Waals surface area contributed by atoms with Crippen LogP contribution in [0.4, 0.5) is 0 Å². The van der Waals surface area contributed by atoms with Crippen molar-refractivity contribution >= 4 is 10.0 Å². The number of nitrogens with one attached hydrogen (secondary N) is 1. The van der Waals surface area contributed by atoms with Crippen molar-refractivity contribution in [3.8, 4) is 0 Å². The highest BCUT2D eigenvalue weighted by molar-refractivity contribution is 7.89. The molecule has 0 aromatic heterocycles. The van der Waals surface area contributed by atoms with E-state index in [0.717, 1.165) is 18.5 Å². The Kier molecular flexibility index (Phi) is 5.78. The van der Waals surface area contributed by atoms with Crippen LogP contribution in [0.25, 0.3) is 0 Å². The van der Waals surface area contributed by atoms with Gasteiger partial charge in [-0.05, 0) is 44.0 Å². The van der Waals surface area contributed by atoms with Crippen molar-refractivity contribution in [3.05, 3.63) is 29.8 Å². The minimum absolute atomic E-state index is 0.165. The summed E-state index contributed by atoms with van der Waals surface area (Å²) < 4.78 is 22.2. The second-order valence-electron chi connectivity index (χ2n) is 4.58. The second-order valence-corrected chi connectivity index (χ2v) is 6.14. The van der Waals surface area contributed by atoms with Gasteiger partial charge in [0.25, 0.3) is 0 Å². The summed E-state index contributed by atoms with van der Waals surface area (Å²) in [5, 5.41) is 8.47. The van der Waals surface area contributed by atoms with Crippen molar-refractivity contribution in [2.45, 2.75) is 44.0 Å². The predicted molar refractivity (Wildman–Crippen MR) is 73.9 cm³/mol. The van der Waals surface area contributed by atoms with Gasteiger partial charge < -0.3 is 5.32 Å². The molecule has 1 atom stereocenters. The summed E-state index contributed by atoms with van der Waals surface area (Å²) in [6.07, 6.45) is 3.24. The average Bonchev–Trinajstić information content (AvgIpc) is 2.29. The fourth-order valence-corrected chi connectivity index (χ4v) is 2.36. The lowest BCUT2D eigenvalue weighted by molar-refractivity contribution is 0.512. The van der Waals surface area contributed by atoms with Gasteiger partial charge in [-0.3, -0.25) is 0 Å². The standard InChI is InChI=1S/C13H22N2O2S/c1-3-4-11(2)15-10-9-12-5-7-13(8-6-12)18(14,16)17/h5-8,11,15H,3-4,9-10H2,1-2H3,(H2,14,16,17). The number of benzene rings is 1. The van der Waals surface area contributed by atoms with E-state index < -0.39 is 10.0 Å². The Morgan fingerprint density at radius 1 is 1.28 bits per heavy atom. The zero-order chi connectivity index (χ0) is 13.6. The van der Waals surface area contributed by atoms with Gasteiger partial charge in [-0.25, -0.2) is 13.6 Å². The van der Waals surface area contributed by atoms with E-state index in [2.05, 4.69) is 19.2 Å². The molecule has 0 aliphatic rings. The van der Waals surface area contributed by atoms with Crippen LogP contribution < -0.4 is 10.5 Å². The van der Waals surface area contributed by atoms with Gasteiger partial charge in [-0.1, -0.05) is 25.5 Å². The van der Waals surface area contributed by atoms with E-state index in [-0.39, 0.29) is 4.90 Å². The molecule has 5 heteroatoms. The molecule has 1 rings (SSSR count). The SMILES string of the molecule is CCCC(C)NCCc1ccc(S(N)(=O)=O)cc1. The van der Waals surface area contributed by atoms with E-state index in [1.54, 1.807) is 12.1 Å². The Morgan fingerprint density at radius 3 is 2.39 bits per heavy atom. The molecule has 0 radical (unpaired) electrons. The molecule has 0 aliphatic carbocycles. The summed E-state index contributed by atoms with van der Waals surface area (Å²) in [5.74, 6) is 0. The minimum atomic E-state index is -3.58. The van der Waals surface area contributed by atoms with Crippen molar-refractivity contribution in [1.82, 2.24) is 5.32 Å². The molecule has 0 saturated heterocycles. The molecule has 1 aromatic rings. The van der Waals surface area contributed by atoms with Gasteiger partial charge in [0.2, 0.25) is 10.0 Å². The molecule has 1 unspecified atom stereocenters. The van der Waals surface area contributed by atoms with E-state index in [4.69, 9.17) is 5.14 Å². The van der Waals surface area contributed by atoms with Crippen LogP contribution in [0, 0.1) is 0 Å². The summed E-state index contributed by atoms with van der Waals surface area (Å²) in [7, 11) is -3.58. The lowest BCUT2D eigenvalue weighted by Gasteiger charge is -2.12. The first-order valence-corrected chi connectivity index (χ1v) is 7.83. The number of hydrogen-bond donors (Lipinski definition) is 2. The van der Waals surface area contributed by atoms with Gasteiger partial charge >= 0.3 is 0 Å². The van der Waals surface area contributed by atoms with E-state index in [0.29, 0.717) is 6.04 Å². The third kappa shape index (κ3) is 5.16. The third-order valence-electron chi connectivity index (χ3n) is 2.88. The molecule has 1 aromatic carbocycles. The molecule has 0 spiro atoms. The molecule has 0 aliphatic heterocycles. The van der Waals surface area contributed by atoms with Crippen LogP contribution >= 0.6 is 0 Å². The molecular weight excluding hydrogens is 248 g/mol. The predicted octanol–water partition coefficient (Wildman–Crippen LogP) is 1.65. The van der Waals surface area contributed by atoms with Crippen LogP contribution in [0.2, 0.25) is 0 Å². The Morgan fingerprint density at radius 2 is 1.89 bits per heavy atom. The normalized spacial score (nSPS) is 13.5. The zero-order valence-corrected chi connectivity index (χ0v) is 11.8. The van der Waals surface area contributed by atoms with Gasteiger partial charge in [0.1, 0.15) is 0 Å². The van der Waals surface area contributed by atoms with E-state index in [9.17, 15) is 8.42 Å². The maximum absolute atomic E-state index is 11.1. The van der Waals surface area contributed by atoms with Crippen molar-refractivity contribution < 1.29 is 8.42 Å². The molecule has 0 fully saturated rings. The topological polar surface area (TPSA) is 72.2 Å². The van der Waals surface area contributed by atoms with Gasteiger partial charge in [-0.2, -0.15) is 0 Å². The lowest BCUT2D eigenvalue weighted by atomic mass is 10.1. The van der Waals surface area contributed by atoms with Gasteiger partial charge in [0.15, 0.2) is 0 Å². The smallest absolute Gasteiger partial charge is 0.238 e. The van der Waals surface area contributed by atoms with Crippen LogP contribution in [-0.4, -0.2) is 21.0 Å². The second kappa shape index (κ2) is 6.87. The van der Waals surface area contributed by atoms with E-state index in [1.165, 1.54) is 12.8 Å². The molecule has 102 valence electrons. The third-order valence-corrected chi connectivity index (χ3v) is 3.81. The first kappa shape index (κ1) is 15.1. The Hall–Kier alpha value is -0.910. The van der Waals surface area contributed by atoms with E-state index >= 15 is 0 Å². The van der Waals surface area contributed by atoms with Gasteiger partial charge in [0, 0.05) is 6.04 Å². The van der Waals surface area contributed by atoms with E-state index in [1.807, 2.05) is 12.1 Å². The Bertz CT molecular complexity index is 454. The highest BCUT2D eigenvalue weighted by Crippen LogP contribution is 2.09. The van der Waals surface area contributed by atoms with Crippen LogP contribution in [0.1, 0.15) is 32.3 Å². The molecule has 18 heavy (non-hydrogen) atoms. The van der Waals surface area contributed by atoms with Crippen LogP contribution in [0.5, 0.6) is 0 Å². The van der Waals surface area contributed by atoms with Crippen molar-refractivity contribution in [2.24, 2.45) is 5.14 Å². The number of hydrogen-bond acceptors (Lipinski definition) is 3. The van der Waals surface area contributed by atoms with Crippen molar-refractivity contribution in [1.29, 1.82) is 0 Å². The van der Waals surface area contributed by atoms with Gasteiger partial charge in [-0.15, -0.1) is 0 Å². The minimum Gasteiger partial charge on any atom is -0.314 e. The number of nitrogens with two attached hydrogens (primary N) is 1. The molecule has 3 N–H and O–H groups in total. The fourth-order valence-electron chi connectivity index (χ4n) is 1.84. The summed E-state index contributed by atoms with van der Waals surface area (Å²) in [6, 6.07) is 7.26. The summed E-state index contributed by atoms with van der Waals surface area (Å²) >= 11 is 0. The number of sulfonamides is 1. The quantitative estimate of drug-likeness (QED) is 0.791. The number of rotatable bonds is 7. The van der Waals surface area contributed by atoms with Crippen molar-refractivity contribution in [3.63, 3.8) is 0 Å². The summed E-state index contributed by atoms with van der Waals surface area (Å²) in [4.78, 5) is 0.165. The highest BCUT2D eigenvalue weighted by Gasteiger charge is 2.06. The largest absolute Gasteiger partial charge is 0.314 e. The monoisotopic (exact) mass is 270 g/mol. The maximum atomic E-state index is 11.1. The summed E-state index contributed by atoms with van der Waals surface area (Å²) in [6.45, 7) is 5.24. The zero-order valence-electron chi connectivity index (χ0n) is 11.0. The van der Waals surface area contributed by atoms with Crippen LogP contribution in [0.15, 0.2) is 29.2 Å². The highest BCUT2D eigenvalue weighted by atomic mass is 32.2. The molecule has 0 amide bonds. The van der Waals surface area contributed by atoms with Crippen LogP contribution in [0.3, 0.4) is 0 Å². The maximum Gasteiger partial charge on any atom is 0.238 e. The van der Waals surface area contributed by atoms with Crippen LogP contribution in [-0.2, 0) is 16.4 Å². The van der Waals surface area contributed by atoms with Crippen molar-refractivity contribution in [2.75, 3.05) is 6.54 Å². The molecule has 0 bridgehead atoms.